The maximum absolute atomic E-state index is 12.2. The van der Waals surface area contributed by atoms with Gasteiger partial charge in [-0.3, -0.25) is 0 Å². The SMILES string of the molecule is CN1CCO[C@@H]([C@H](NS(=O)(=O)N(C)C)c2ccc(Cl)cc2)C1. The van der Waals surface area contributed by atoms with E-state index < -0.39 is 16.3 Å². The normalized spacial score (nSPS) is 22.0. The van der Waals surface area contributed by atoms with Crippen LogP contribution in [-0.2, 0) is 14.9 Å². The van der Waals surface area contributed by atoms with Crippen LogP contribution in [0.4, 0.5) is 0 Å². The van der Waals surface area contributed by atoms with Gasteiger partial charge in [0.15, 0.2) is 0 Å². The number of halogens is 1. The van der Waals surface area contributed by atoms with Crippen molar-refractivity contribution in [2.75, 3.05) is 40.8 Å². The lowest BCUT2D eigenvalue weighted by atomic mass is 10.0. The molecule has 0 amide bonds. The maximum Gasteiger partial charge on any atom is 0.279 e. The number of ether oxygens (including phenoxy) is 1. The van der Waals surface area contributed by atoms with Crippen molar-refractivity contribution in [2.24, 2.45) is 0 Å². The van der Waals surface area contributed by atoms with E-state index in [1.165, 1.54) is 14.1 Å². The number of nitrogens with zero attached hydrogens (tertiary/aromatic N) is 2. The molecule has 8 heteroatoms. The summed E-state index contributed by atoms with van der Waals surface area (Å²) < 4.78 is 34.1. The molecule has 1 saturated heterocycles. The predicted molar refractivity (Wildman–Crippen MR) is 87.2 cm³/mol. The van der Waals surface area contributed by atoms with Crippen LogP contribution in [0.2, 0.25) is 5.02 Å². The summed E-state index contributed by atoms with van der Waals surface area (Å²) >= 11 is 5.92. The van der Waals surface area contributed by atoms with Gasteiger partial charge in [0.1, 0.15) is 0 Å². The fourth-order valence-electron chi connectivity index (χ4n) is 2.31. The minimum absolute atomic E-state index is 0.255. The monoisotopic (exact) mass is 347 g/mol. The van der Waals surface area contributed by atoms with Gasteiger partial charge in [0.05, 0.1) is 18.8 Å². The Bertz CT molecular complexity index is 592. The molecule has 2 atom stereocenters. The van der Waals surface area contributed by atoms with Crippen molar-refractivity contribution < 1.29 is 13.2 Å². The highest BCUT2D eigenvalue weighted by Crippen LogP contribution is 2.24. The van der Waals surface area contributed by atoms with Crippen LogP contribution in [0, 0.1) is 0 Å². The highest BCUT2D eigenvalue weighted by molar-refractivity contribution is 7.87. The average Bonchev–Trinajstić information content (AvgIpc) is 2.46. The number of hydrogen-bond donors (Lipinski definition) is 1. The first-order valence-corrected chi connectivity index (χ1v) is 8.87. The molecule has 1 fully saturated rings. The number of hydrogen-bond acceptors (Lipinski definition) is 4. The fourth-order valence-corrected chi connectivity index (χ4v) is 3.25. The third-order valence-corrected chi connectivity index (χ3v) is 5.42. The van der Waals surface area contributed by atoms with Crippen LogP contribution in [0.5, 0.6) is 0 Å². The molecule has 0 unspecified atom stereocenters. The summed E-state index contributed by atoms with van der Waals surface area (Å²) in [6.07, 6.45) is -0.255. The maximum atomic E-state index is 12.2. The second kappa shape index (κ2) is 7.25. The molecule has 0 aromatic heterocycles. The Labute approximate surface area is 137 Å². The molecule has 0 saturated carbocycles. The van der Waals surface area contributed by atoms with Gasteiger partial charge in [0, 0.05) is 32.2 Å². The molecule has 1 heterocycles. The lowest BCUT2D eigenvalue weighted by Crippen LogP contribution is -2.49. The number of rotatable bonds is 5. The second-order valence-corrected chi connectivity index (χ2v) is 7.96. The largest absolute Gasteiger partial charge is 0.374 e. The summed E-state index contributed by atoms with van der Waals surface area (Å²) in [6, 6.07) is 6.68. The van der Waals surface area contributed by atoms with Gasteiger partial charge in [-0.05, 0) is 24.7 Å². The van der Waals surface area contributed by atoms with Crippen molar-refractivity contribution in [3.8, 4) is 0 Å². The third kappa shape index (κ3) is 4.41. The first-order valence-electron chi connectivity index (χ1n) is 7.05. The van der Waals surface area contributed by atoms with Gasteiger partial charge >= 0.3 is 0 Å². The molecular formula is C14H22ClN3O3S. The molecule has 6 nitrogen and oxygen atoms in total. The number of nitrogens with one attached hydrogen (secondary N) is 1. The molecule has 2 rings (SSSR count). The molecule has 22 heavy (non-hydrogen) atoms. The molecule has 1 aromatic rings. The Hall–Kier alpha value is -0.700. The van der Waals surface area contributed by atoms with E-state index in [9.17, 15) is 8.42 Å². The zero-order chi connectivity index (χ0) is 16.3. The van der Waals surface area contributed by atoms with E-state index in [0.29, 0.717) is 18.2 Å². The van der Waals surface area contributed by atoms with Gasteiger partial charge in [0.2, 0.25) is 0 Å². The summed E-state index contributed by atoms with van der Waals surface area (Å²) in [5.74, 6) is 0. The smallest absolute Gasteiger partial charge is 0.279 e. The molecular weight excluding hydrogens is 326 g/mol. The van der Waals surface area contributed by atoms with E-state index >= 15 is 0 Å². The zero-order valence-corrected chi connectivity index (χ0v) is 14.6. The van der Waals surface area contributed by atoms with Crippen LogP contribution in [0.1, 0.15) is 11.6 Å². The molecule has 0 bridgehead atoms. The van der Waals surface area contributed by atoms with Crippen molar-refractivity contribution in [2.45, 2.75) is 12.1 Å². The van der Waals surface area contributed by atoms with E-state index in [1.807, 2.05) is 19.2 Å². The van der Waals surface area contributed by atoms with Gasteiger partial charge in [-0.1, -0.05) is 23.7 Å². The standard InChI is InChI=1S/C14H22ClN3O3S/c1-17(2)22(19,20)16-14(11-4-6-12(15)7-5-11)13-10-18(3)8-9-21-13/h4-7,13-14,16H,8-10H2,1-3H3/t13-,14-/m1/s1. The van der Waals surface area contributed by atoms with E-state index in [0.717, 1.165) is 16.4 Å². The van der Waals surface area contributed by atoms with Crippen molar-refractivity contribution in [3.63, 3.8) is 0 Å². The molecule has 0 aliphatic carbocycles. The first-order chi connectivity index (χ1) is 10.3. The Kier molecular flexibility index (Phi) is 5.81. The highest BCUT2D eigenvalue weighted by atomic mass is 35.5. The molecule has 1 aliphatic rings. The number of benzene rings is 1. The fraction of sp³-hybridized carbons (Fsp3) is 0.571. The summed E-state index contributed by atoms with van der Waals surface area (Å²) in [7, 11) is 1.41. The van der Waals surface area contributed by atoms with Crippen molar-refractivity contribution in [3.05, 3.63) is 34.9 Å². The Balaban J connectivity index is 2.29. The van der Waals surface area contributed by atoms with Crippen LogP contribution in [0.25, 0.3) is 0 Å². The summed E-state index contributed by atoms with van der Waals surface area (Å²) in [4.78, 5) is 2.13. The lowest BCUT2D eigenvalue weighted by molar-refractivity contribution is -0.0356. The van der Waals surface area contributed by atoms with E-state index in [-0.39, 0.29) is 6.10 Å². The van der Waals surface area contributed by atoms with Crippen LogP contribution in [-0.4, -0.2) is 64.6 Å². The quantitative estimate of drug-likeness (QED) is 0.866. The van der Waals surface area contributed by atoms with Gasteiger partial charge in [-0.2, -0.15) is 17.4 Å². The number of morpholine rings is 1. The first kappa shape index (κ1) is 17.7. The summed E-state index contributed by atoms with van der Waals surface area (Å²) in [5, 5.41) is 0.611. The summed E-state index contributed by atoms with van der Waals surface area (Å²) in [5.41, 5.74) is 0.829. The van der Waals surface area contributed by atoms with E-state index in [2.05, 4.69) is 9.62 Å². The van der Waals surface area contributed by atoms with Crippen LogP contribution < -0.4 is 4.72 Å². The predicted octanol–water partition coefficient (Wildman–Crippen LogP) is 1.11. The summed E-state index contributed by atoms with van der Waals surface area (Å²) in [6.45, 7) is 2.07. The molecule has 0 spiro atoms. The second-order valence-electron chi connectivity index (χ2n) is 5.61. The van der Waals surface area contributed by atoms with Crippen LogP contribution in [0.3, 0.4) is 0 Å². The molecule has 1 aliphatic heterocycles. The molecule has 1 aromatic carbocycles. The molecule has 0 radical (unpaired) electrons. The van der Waals surface area contributed by atoms with Gasteiger partial charge < -0.3 is 9.64 Å². The van der Waals surface area contributed by atoms with Crippen molar-refractivity contribution in [1.29, 1.82) is 0 Å². The zero-order valence-electron chi connectivity index (χ0n) is 13.0. The van der Waals surface area contributed by atoms with Gasteiger partial charge in [-0.25, -0.2) is 0 Å². The Morgan fingerprint density at radius 3 is 2.55 bits per heavy atom. The topological polar surface area (TPSA) is 61.9 Å². The van der Waals surface area contributed by atoms with Gasteiger partial charge in [0.25, 0.3) is 10.2 Å². The average molecular weight is 348 g/mol. The van der Waals surface area contributed by atoms with Gasteiger partial charge in [-0.15, -0.1) is 0 Å². The van der Waals surface area contributed by atoms with E-state index in [1.54, 1.807) is 12.1 Å². The Morgan fingerprint density at radius 2 is 2.00 bits per heavy atom. The number of likely N-dealkylation sites (N-methyl/N-ethyl adjacent to an activating group) is 1. The molecule has 124 valence electrons. The van der Waals surface area contributed by atoms with Crippen molar-refractivity contribution >= 4 is 21.8 Å². The van der Waals surface area contributed by atoms with Crippen LogP contribution in [0.15, 0.2) is 24.3 Å². The minimum atomic E-state index is -3.57. The lowest BCUT2D eigenvalue weighted by Gasteiger charge is -2.36. The molecule has 1 N–H and O–H groups in total. The third-order valence-electron chi connectivity index (χ3n) is 3.65. The Morgan fingerprint density at radius 1 is 1.36 bits per heavy atom. The van der Waals surface area contributed by atoms with Crippen molar-refractivity contribution in [1.82, 2.24) is 13.9 Å². The van der Waals surface area contributed by atoms with Crippen LogP contribution >= 0.6 is 11.6 Å². The minimum Gasteiger partial charge on any atom is -0.374 e. The highest BCUT2D eigenvalue weighted by Gasteiger charge is 2.32. The van der Waals surface area contributed by atoms with E-state index in [4.69, 9.17) is 16.3 Å².